The first kappa shape index (κ1) is 23.8. The highest BCUT2D eigenvalue weighted by atomic mass is 16.6. The van der Waals surface area contributed by atoms with E-state index in [1.54, 1.807) is 13.4 Å². The van der Waals surface area contributed by atoms with Crippen LogP contribution in [0.4, 0.5) is 16.3 Å². The zero-order valence-corrected chi connectivity index (χ0v) is 21.1. The van der Waals surface area contributed by atoms with Crippen LogP contribution in [-0.4, -0.2) is 71.0 Å². The van der Waals surface area contributed by atoms with Gasteiger partial charge in [-0.15, -0.1) is 0 Å². The number of nitrogens with zero attached hydrogens (tertiary/aromatic N) is 5. The Balaban J connectivity index is 1.33. The SMILES string of the molecule is CCC1(OC(=O)N2CC(C)C(Oc3ncnc(N4CCc5ncccc54)c3C)C(COC)C2)CC1. The first-order valence-corrected chi connectivity index (χ1v) is 12.6. The number of pyridine rings is 1. The minimum Gasteiger partial charge on any atom is -0.473 e. The maximum atomic E-state index is 12.9. The average Bonchev–Trinajstić information content (AvgIpc) is 3.50. The van der Waals surface area contributed by atoms with Crippen molar-refractivity contribution in [3.8, 4) is 5.88 Å². The molecule has 2 fully saturated rings. The molecule has 0 radical (unpaired) electrons. The van der Waals surface area contributed by atoms with E-state index in [0.717, 1.165) is 55.0 Å². The lowest BCUT2D eigenvalue weighted by molar-refractivity contribution is -0.0373. The van der Waals surface area contributed by atoms with E-state index in [-0.39, 0.29) is 29.6 Å². The van der Waals surface area contributed by atoms with E-state index in [0.29, 0.717) is 25.6 Å². The number of ether oxygens (including phenoxy) is 3. The standard InChI is InChI=1S/C26H35N5O4/c1-5-26(9-10-26)35-25(32)30-13-17(2)22(19(14-30)15-33-4)34-24-18(3)23(28-16-29-24)31-12-8-20-21(31)7-6-11-27-20/h6-7,11,16-17,19,22H,5,8-10,12-15H2,1-4H3. The molecule has 9 nitrogen and oxygen atoms in total. The zero-order chi connectivity index (χ0) is 24.6. The molecule has 3 aliphatic rings. The van der Waals surface area contributed by atoms with Gasteiger partial charge in [0.2, 0.25) is 5.88 Å². The van der Waals surface area contributed by atoms with E-state index < -0.39 is 0 Å². The van der Waals surface area contributed by atoms with Crippen LogP contribution in [0.2, 0.25) is 0 Å². The maximum Gasteiger partial charge on any atom is 0.410 e. The van der Waals surface area contributed by atoms with Crippen LogP contribution in [0.5, 0.6) is 5.88 Å². The summed E-state index contributed by atoms with van der Waals surface area (Å²) >= 11 is 0. The van der Waals surface area contributed by atoms with E-state index in [4.69, 9.17) is 14.2 Å². The van der Waals surface area contributed by atoms with Gasteiger partial charge in [0, 0.05) is 51.2 Å². The fourth-order valence-electron chi connectivity index (χ4n) is 5.39. The molecular formula is C26H35N5O4. The Labute approximate surface area is 206 Å². The van der Waals surface area contributed by atoms with Crippen molar-refractivity contribution in [1.29, 1.82) is 0 Å². The molecule has 9 heteroatoms. The molecule has 35 heavy (non-hydrogen) atoms. The topological polar surface area (TPSA) is 89.9 Å². The van der Waals surface area contributed by atoms with E-state index in [9.17, 15) is 4.79 Å². The molecule has 3 atom stereocenters. The molecule has 0 aromatic carbocycles. The minimum absolute atomic E-state index is 0.00241. The second kappa shape index (κ2) is 9.60. The molecule has 2 aromatic heterocycles. The number of hydrogen-bond acceptors (Lipinski definition) is 8. The molecule has 1 aliphatic carbocycles. The van der Waals surface area contributed by atoms with Crippen LogP contribution < -0.4 is 9.64 Å². The Morgan fingerprint density at radius 2 is 2.06 bits per heavy atom. The molecule has 0 N–H and O–H groups in total. The molecule has 3 unspecified atom stereocenters. The van der Waals surface area contributed by atoms with Crippen LogP contribution >= 0.6 is 0 Å². The smallest absolute Gasteiger partial charge is 0.410 e. The predicted octanol–water partition coefficient (Wildman–Crippen LogP) is 3.92. The van der Waals surface area contributed by atoms with Crippen molar-refractivity contribution in [3.05, 3.63) is 35.9 Å². The molecule has 5 rings (SSSR count). The van der Waals surface area contributed by atoms with Gasteiger partial charge in [-0.1, -0.05) is 13.8 Å². The van der Waals surface area contributed by atoms with E-state index in [1.807, 2.05) is 24.1 Å². The third-order valence-corrected chi connectivity index (χ3v) is 7.63. The summed E-state index contributed by atoms with van der Waals surface area (Å²) in [6.07, 6.45) is 6.69. The summed E-state index contributed by atoms with van der Waals surface area (Å²) in [5, 5.41) is 0. The first-order valence-electron chi connectivity index (χ1n) is 12.6. The lowest BCUT2D eigenvalue weighted by Gasteiger charge is -2.42. The van der Waals surface area contributed by atoms with Crippen LogP contribution in [0, 0.1) is 18.8 Å². The monoisotopic (exact) mass is 481 g/mol. The van der Waals surface area contributed by atoms with Gasteiger partial charge >= 0.3 is 6.09 Å². The molecule has 2 aromatic rings. The van der Waals surface area contributed by atoms with E-state index >= 15 is 0 Å². The number of anilines is 2. The second-order valence-corrected chi connectivity index (χ2v) is 10.1. The summed E-state index contributed by atoms with van der Waals surface area (Å²) < 4.78 is 18.0. The summed E-state index contributed by atoms with van der Waals surface area (Å²) in [6.45, 7) is 8.61. The molecule has 188 valence electrons. The van der Waals surface area contributed by atoms with E-state index in [2.05, 4.69) is 39.8 Å². The van der Waals surface area contributed by atoms with Crippen molar-refractivity contribution in [1.82, 2.24) is 19.9 Å². The number of carbonyl (C=O) groups excluding carboxylic acids is 1. The number of fused-ring (bicyclic) bond motifs is 1. The van der Waals surface area contributed by atoms with Crippen molar-refractivity contribution >= 4 is 17.6 Å². The molecule has 0 bridgehead atoms. The van der Waals surface area contributed by atoms with Crippen molar-refractivity contribution in [2.45, 2.75) is 58.2 Å². The summed E-state index contributed by atoms with van der Waals surface area (Å²) in [5.74, 6) is 1.50. The summed E-state index contributed by atoms with van der Waals surface area (Å²) in [6, 6.07) is 4.03. The third kappa shape index (κ3) is 4.66. The van der Waals surface area contributed by atoms with Gasteiger partial charge in [-0.2, -0.15) is 0 Å². The Bertz CT molecular complexity index is 1080. The Hall–Kier alpha value is -2.94. The van der Waals surface area contributed by atoms with Crippen molar-refractivity contribution < 1.29 is 19.0 Å². The highest BCUT2D eigenvalue weighted by Crippen LogP contribution is 2.43. The molecule has 1 saturated carbocycles. The molecule has 0 spiro atoms. The van der Waals surface area contributed by atoms with Crippen LogP contribution in [0.25, 0.3) is 0 Å². The summed E-state index contributed by atoms with van der Waals surface area (Å²) in [5.41, 5.74) is 2.81. The molecule has 1 amide bonds. The van der Waals surface area contributed by atoms with Gasteiger partial charge < -0.3 is 24.0 Å². The average molecular weight is 482 g/mol. The van der Waals surface area contributed by atoms with Crippen molar-refractivity contribution in [2.75, 3.05) is 38.3 Å². The number of aromatic nitrogens is 3. The lowest BCUT2D eigenvalue weighted by atomic mass is 9.87. The largest absolute Gasteiger partial charge is 0.473 e. The molecule has 4 heterocycles. The number of carbonyl (C=O) groups is 1. The third-order valence-electron chi connectivity index (χ3n) is 7.63. The van der Waals surface area contributed by atoms with Gasteiger partial charge in [0.05, 0.1) is 23.6 Å². The Morgan fingerprint density at radius 1 is 1.23 bits per heavy atom. The normalized spacial score (nSPS) is 24.7. The first-order chi connectivity index (χ1) is 16.9. The number of piperidine rings is 1. The van der Waals surface area contributed by atoms with Gasteiger partial charge in [0.1, 0.15) is 23.9 Å². The molecular weight excluding hydrogens is 446 g/mol. The van der Waals surface area contributed by atoms with Crippen molar-refractivity contribution in [2.24, 2.45) is 11.8 Å². The fraction of sp³-hybridized carbons (Fsp3) is 0.615. The highest BCUT2D eigenvalue weighted by molar-refractivity contribution is 5.69. The van der Waals surface area contributed by atoms with Crippen LogP contribution in [0.1, 0.15) is 44.4 Å². The van der Waals surface area contributed by atoms with E-state index in [1.165, 1.54) is 0 Å². The van der Waals surface area contributed by atoms with Gasteiger partial charge in [0.15, 0.2) is 0 Å². The minimum atomic E-state index is -0.247. The quantitative estimate of drug-likeness (QED) is 0.588. The predicted molar refractivity (Wildman–Crippen MR) is 131 cm³/mol. The highest BCUT2D eigenvalue weighted by Gasteiger charge is 2.47. The van der Waals surface area contributed by atoms with Gasteiger partial charge in [-0.05, 0) is 38.3 Å². The van der Waals surface area contributed by atoms with Crippen LogP contribution in [0.3, 0.4) is 0 Å². The second-order valence-electron chi connectivity index (χ2n) is 10.1. The van der Waals surface area contributed by atoms with Crippen LogP contribution in [0.15, 0.2) is 24.7 Å². The fourth-order valence-corrected chi connectivity index (χ4v) is 5.39. The molecule has 2 aliphatic heterocycles. The summed E-state index contributed by atoms with van der Waals surface area (Å²) in [4.78, 5) is 30.5. The Morgan fingerprint density at radius 3 is 2.80 bits per heavy atom. The van der Waals surface area contributed by atoms with Crippen LogP contribution in [-0.2, 0) is 15.9 Å². The van der Waals surface area contributed by atoms with Gasteiger partial charge in [-0.3, -0.25) is 4.98 Å². The van der Waals surface area contributed by atoms with Gasteiger partial charge in [-0.25, -0.2) is 14.8 Å². The number of methoxy groups -OCH3 is 1. The zero-order valence-electron chi connectivity index (χ0n) is 21.1. The lowest BCUT2D eigenvalue weighted by Crippen LogP contribution is -2.54. The maximum absolute atomic E-state index is 12.9. The number of amides is 1. The Kier molecular flexibility index (Phi) is 6.53. The van der Waals surface area contributed by atoms with Crippen molar-refractivity contribution in [3.63, 3.8) is 0 Å². The number of rotatable bonds is 7. The number of likely N-dealkylation sites (tertiary alicyclic amines) is 1. The van der Waals surface area contributed by atoms with Gasteiger partial charge in [0.25, 0.3) is 0 Å². The summed E-state index contributed by atoms with van der Waals surface area (Å²) in [7, 11) is 1.68. The molecule has 1 saturated heterocycles. The number of hydrogen-bond donors (Lipinski definition) is 0.